The summed E-state index contributed by atoms with van der Waals surface area (Å²) < 4.78 is 6.57. The maximum absolute atomic E-state index is 10.4. The first-order chi connectivity index (χ1) is 13.6. The van der Waals surface area contributed by atoms with Crippen molar-refractivity contribution in [2.24, 2.45) is 16.5 Å². The third-order valence-corrected chi connectivity index (χ3v) is 6.34. The number of aliphatic hydroxyl groups excluding tert-OH is 1. The lowest BCUT2D eigenvalue weighted by Crippen LogP contribution is -2.44. The van der Waals surface area contributed by atoms with Crippen LogP contribution in [0.25, 0.3) is 0 Å². The minimum Gasteiger partial charge on any atom is -0.507 e. The molecule has 29 heavy (non-hydrogen) atoms. The molecule has 0 fully saturated rings. The Kier molecular flexibility index (Phi) is 5.50. The van der Waals surface area contributed by atoms with Gasteiger partial charge < -0.3 is 26.4 Å². The van der Waals surface area contributed by atoms with Gasteiger partial charge in [0.1, 0.15) is 17.1 Å². The number of guanidine groups is 1. The van der Waals surface area contributed by atoms with E-state index in [0.29, 0.717) is 11.4 Å². The Morgan fingerprint density at radius 1 is 1.17 bits per heavy atom. The monoisotopic (exact) mass is 397 g/mol. The fraction of sp³-hybridized carbons (Fsp3) is 0.435. The first-order valence-electron chi connectivity index (χ1n) is 9.90. The van der Waals surface area contributed by atoms with Crippen LogP contribution in [0.5, 0.6) is 11.5 Å². The highest BCUT2D eigenvalue weighted by molar-refractivity contribution is 5.79. The number of aliphatic imine (C=N–C) groups is 1. The summed E-state index contributed by atoms with van der Waals surface area (Å²) in [5.41, 5.74) is 16.8. The van der Waals surface area contributed by atoms with Crippen LogP contribution in [0.15, 0.2) is 23.2 Å². The summed E-state index contributed by atoms with van der Waals surface area (Å²) in [6.07, 6.45) is 1.52. The van der Waals surface area contributed by atoms with Gasteiger partial charge >= 0.3 is 0 Å². The zero-order chi connectivity index (χ0) is 21.5. The SMILES string of the molecule is Cc1cc(C(CO)C2(C)CCc3c(C)c(O)c(C)c(C)c3O2)ccc1N=C(N)N. The lowest BCUT2D eigenvalue weighted by molar-refractivity contribution is 0.0151. The van der Waals surface area contributed by atoms with Gasteiger partial charge in [-0.1, -0.05) is 12.1 Å². The number of aryl methyl sites for hydroxylation is 1. The minimum atomic E-state index is -0.577. The molecule has 0 amide bonds. The Morgan fingerprint density at radius 2 is 1.86 bits per heavy atom. The molecule has 0 saturated carbocycles. The van der Waals surface area contributed by atoms with Gasteiger partial charge in [-0.3, -0.25) is 0 Å². The minimum absolute atomic E-state index is 0.0169. The number of benzene rings is 2. The van der Waals surface area contributed by atoms with Gasteiger partial charge in [0.2, 0.25) is 0 Å². The molecular formula is C23H31N3O3. The van der Waals surface area contributed by atoms with E-state index in [2.05, 4.69) is 4.99 Å². The Hall–Kier alpha value is -2.73. The number of hydrogen-bond donors (Lipinski definition) is 4. The Balaban J connectivity index is 2.02. The van der Waals surface area contributed by atoms with Gasteiger partial charge in [-0.05, 0) is 81.3 Å². The van der Waals surface area contributed by atoms with Gasteiger partial charge in [0.15, 0.2) is 5.96 Å². The van der Waals surface area contributed by atoms with Crippen LogP contribution in [0.1, 0.15) is 52.6 Å². The van der Waals surface area contributed by atoms with E-state index in [9.17, 15) is 10.2 Å². The van der Waals surface area contributed by atoms with Gasteiger partial charge in [0.25, 0.3) is 0 Å². The summed E-state index contributed by atoms with van der Waals surface area (Å²) in [6.45, 7) is 9.76. The van der Waals surface area contributed by atoms with E-state index in [1.54, 1.807) is 0 Å². The molecule has 0 radical (unpaired) electrons. The van der Waals surface area contributed by atoms with E-state index in [-0.39, 0.29) is 18.5 Å². The molecule has 6 N–H and O–H groups in total. The number of fused-ring (bicyclic) bond motifs is 1. The first kappa shape index (κ1) is 21.0. The van der Waals surface area contributed by atoms with Gasteiger partial charge in [-0.15, -0.1) is 0 Å². The number of phenols is 1. The summed E-state index contributed by atoms with van der Waals surface area (Å²) in [7, 11) is 0. The van der Waals surface area contributed by atoms with Crippen molar-refractivity contribution in [2.45, 2.75) is 59.0 Å². The fourth-order valence-electron chi connectivity index (χ4n) is 4.32. The molecule has 2 aromatic rings. The third-order valence-electron chi connectivity index (χ3n) is 6.34. The normalized spacial score (nSPS) is 19.2. The number of phenolic OH excluding ortho intramolecular Hbond substituents is 1. The molecular weight excluding hydrogens is 366 g/mol. The number of nitrogens with two attached hydrogens (primary N) is 2. The fourth-order valence-corrected chi connectivity index (χ4v) is 4.32. The highest BCUT2D eigenvalue weighted by Gasteiger charge is 2.41. The molecule has 2 atom stereocenters. The Morgan fingerprint density at radius 3 is 2.45 bits per heavy atom. The van der Waals surface area contributed by atoms with Crippen molar-refractivity contribution in [1.82, 2.24) is 0 Å². The molecule has 0 aliphatic carbocycles. The van der Waals surface area contributed by atoms with E-state index in [0.717, 1.165) is 52.0 Å². The summed E-state index contributed by atoms with van der Waals surface area (Å²) >= 11 is 0. The molecule has 6 heteroatoms. The topological polar surface area (TPSA) is 114 Å². The van der Waals surface area contributed by atoms with E-state index < -0.39 is 5.60 Å². The van der Waals surface area contributed by atoms with Crippen LogP contribution in [-0.4, -0.2) is 28.4 Å². The zero-order valence-corrected chi connectivity index (χ0v) is 17.8. The Labute approximate surface area is 172 Å². The van der Waals surface area contributed by atoms with Gasteiger partial charge in [-0.2, -0.15) is 0 Å². The van der Waals surface area contributed by atoms with Crippen LogP contribution in [-0.2, 0) is 6.42 Å². The number of hydrogen-bond acceptors (Lipinski definition) is 4. The van der Waals surface area contributed by atoms with Crippen molar-refractivity contribution in [3.05, 3.63) is 51.6 Å². The van der Waals surface area contributed by atoms with Crippen LogP contribution in [0.3, 0.4) is 0 Å². The lowest BCUT2D eigenvalue weighted by Gasteiger charge is -2.42. The predicted molar refractivity (Wildman–Crippen MR) is 116 cm³/mol. The van der Waals surface area contributed by atoms with Gasteiger partial charge in [0.05, 0.1) is 12.3 Å². The average Bonchev–Trinajstić information content (AvgIpc) is 2.67. The molecule has 2 aromatic carbocycles. The van der Waals surface area contributed by atoms with Crippen molar-refractivity contribution in [1.29, 1.82) is 0 Å². The van der Waals surface area contributed by atoms with Crippen molar-refractivity contribution in [2.75, 3.05) is 6.61 Å². The highest BCUT2D eigenvalue weighted by atomic mass is 16.5. The predicted octanol–water partition coefficient (Wildman–Crippen LogP) is 3.39. The molecule has 1 heterocycles. The average molecular weight is 398 g/mol. The van der Waals surface area contributed by atoms with Crippen LogP contribution in [0.4, 0.5) is 5.69 Å². The van der Waals surface area contributed by atoms with E-state index in [1.165, 1.54) is 0 Å². The van der Waals surface area contributed by atoms with Gasteiger partial charge in [-0.25, -0.2) is 4.99 Å². The molecule has 156 valence electrons. The third kappa shape index (κ3) is 3.65. The molecule has 1 aliphatic heterocycles. The lowest BCUT2D eigenvalue weighted by atomic mass is 9.77. The summed E-state index contributed by atoms with van der Waals surface area (Å²) in [5, 5.41) is 20.7. The van der Waals surface area contributed by atoms with Crippen molar-refractivity contribution >= 4 is 11.6 Å². The second-order valence-corrected chi connectivity index (χ2v) is 8.26. The summed E-state index contributed by atoms with van der Waals surface area (Å²) in [4.78, 5) is 4.14. The van der Waals surface area contributed by atoms with Crippen molar-refractivity contribution < 1.29 is 14.9 Å². The molecule has 0 saturated heterocycles. The Bertz CT molecular complexity index is 980. The molecule has 6 nitrogen and oxygen atoms in total. The number of aromatic hydroxyl groups is 1. The number of ether oxygens (including phenoxy) is 1. The molecule has 0 aromatic heterocycles. The number of aliphatic hydroxyl groups is 1. The van der Waals surface area contributed by atoms with E-state index in [4.69, 9.17) is 16.2 Å². The molecule has 3 rings (SSSR count). The van der Waals surface area contributed by atoms with Crippen molar-refractivity contribution in [3.8, 4) is 11.5 Å². The quantitative estimate of drug-likeness (QED) is 0.466. The van der Waals surface area contributed by atoms with Crippen molar-refractivity contribution in [3.63, 3.8) is 0 Å². The second-order valence-electron chi connectivity index (χ2n) is 8.26. The largest absolute Gasteiger partial charge is 0.507 e. The number of nitrogens with zero attached hydrogens (tertiary/aromatic N) is 1. The van der Waals surface area contributed by atoms with Crippen LogP contribution in [0.2, 0.25) is 0 Å². The molecule has 0 spiro atoms. The van der Waals surface area contributed by atoms with Gasteiger partial charge in [0, 0.05) is 11.5 Å². The number of rotatable bonds is 4. The standard InChI is InChI=1S/C23H31N3O3/c1-12-10-16(6-7-19(12)26-22(24)25)18(11-27)23(5)9-8-17-15(4)20(28)13(2)14(3)21(17)29-23/h6-7,10,18,27-28H,8-9,11H2,1-5H3,(H4,24,25,26). The van der Waals surface area contributed by atoms with Crippen LogP contribution in [0, 0.1) is 27.7 Å². The van der Waals surface area contributed by atoms with E-state index >= 15 is 0 Å². The highest BCUT2D eigenvalue weighted by Crippen LogP contribution is 2.47. The smallest absolute Gasteiger partial charge is 0.191 e. The maximum atomic E-state index is 10.4. The first-order valence-corrected chi connectivity index (χ1v) is 9.90. The van der Waals surface area contributed by atoms with E-state index in [1.807, 2.05) is 52.8 Å². The summed E-state index contributed by atoms with van der Waals surface area (Å²) in [5.74, 6) is 0.983. The maximum Gasteiger partial charge on any atom is 0.191 e. The molecule has 2 unspecified atom stereocenters. The molecule has 1 aliphatic rings. The van der Waals surface area contributed by atoms with Crippen LogP contribution < -0.4 is 16.2 Å². The van der Waals surface area contributed by atoms with Crippen LogP contribution >= 0.6 is 0 Å². The molecule has 0 bridgehead atoms. The summed E-state index contributed by atoms with van der Waals surface area (Å²) in [6, 6.07) is 5.82. The second kappa shape index (κ2) is 7.59. The zero-order valence-electron chi connectivity index (χ0n) is 17.8.